The number of hydrogen-bond acceptors (Lipinski definition) is 3. The predicted octanol–water partition coefficient (Wildman–Crippen LogP) is 2.56. The third-order valence-electron chi connectivity index (χ3n) is 3.03. The summed E-state index contributed by atoms with van der Waals surface area (Å²) in [5.41, 5.74) is 5.24. The molecule has 102 valence electrons. The molecular weight excluding hydrogens is 244 g/mol. The van der Waals surface area contributed by atoms with E-state index in [1.54, 1.807) is 18.3 Å². The van der Waals surface area contributed by atoms with Gasteiger partial charge in [-0.15, -0.1) is 11.3 Å². The van der Waals surface area contributed by atoms with E-state index in [-0.39, 0.29) is 5.91 Å². The van der Waals surface area contributed by atoms with E-state index in [0.29, 0.717) is 12.5 Å². The number of nitrogens with two attached hydrogens (primary N) is 1. The van der Waals surface area contributed by atoms with Crippen LogP contribution in [0, 0.1) is 5.92 Å². The molecule has 0 aliphatic carbocycles. The molecule has 0 spiro atoms. The SMILES string of the molecule is CCCC(C)(N)C(=O)NCC(C)Cc1cccs1. The third kappa shape index (κ3) is 4.78. The molecule has 0 aromatic carbocycles. The van der Waals surface area contributed by atoms with Crippen molar-refractivity contribution in [3.8, 4) is 0 Å². The molecule has 1 amide bonds. The Labute approximate surface area is 114 Å². The van der Waals surface area contributed by atoms with Gasteiger partial charge in [-0.2, -0.15) is 0 Å². The van der Waals surface area contributed by atoms with Gasteiger partial charge in [0.05, 0.1) is 5.54 Å². The zero-order valence-electron chi connectivity index (χ0n) is 11.5. The van der Waals surface area contributed by atoms with Crippen molar-refractivity contribution in [2.75, 3.05) is 6.54 Å². The second-order valence-corrected chi connectivity index (χ2v) is 6.30. The third-order valence-corrected chi connectivity index (χ3v) is 3.93. The van der Waals surface area contributed by atoms with Crippen molar-refractivity contribution < 1.29 is 4.79 Å². The monoisotopic (exact) mass is 268 g/mol. The molecule has 1 aromatic heterocycles. The molecule has 0 fully saturated rings. The lowest BCUT2D eigenvalue weighted by Gasteiger charge is -2.24. The number of thiophene rings is 1. The molecule has 3 N–H and O–H groups in total. The van der Waals surface area contributed by atoms with E-state index in [1.165, 1.54) is 4.88 Å². The summed E-state index contributed by atoms with van der Waals surface area (Å²) >= 11 is 1.76. The van der Waals surface area contributed by atoms with Gasteiger partial charge in [0.15, 0.2) is 0 Å². The van der Waals surface area contributed by atoms with E-state index in [0.717, 1.165) is 19.3 Å². The fourth-order valence-corrected chi connectivity index (χ4v) is 2.82. The minimum atomic E-state index is -0.739. The lowest BCUT2D eigenvalue weighted by Crippen LogP contribution is -2.52. The molecule has 2 atom stereocenters. The first kappa shape index (κ1) is 15.2. The first-order chi connectivity index (χ1) is 8.45. The van der Waals surface area contributed by atoms with Gasteiger partial charge in [0.25, 0.3) is 0 Å². The molecule has 1 aromatic rings. The van der Waals surface area contributed by atoms with Crippen LogP contribution in [0.1, 0.15) is 38.5 Å². The van der Waals surface area contributed by atoms with Crippen LogP contribution in [0.5, 0.6) is 0 Å². The maximum atomic E-state index is 11.9. The molecule has 1 rings (SSSR count). The summed E-state index contributed by atoms with van der Waals surface area (Å²) < 4.78 is 0. The van der Waals surface area contributed by atoms with Gasteiger partial charge >= 0.3 is 0 Å². The Hall–Kier alpha value is -0.870. The van der Waals surface area contributed by atoms with Gasteiger partial charge in [-0.25, -0.2) is 0 Å². The van der Waals surface area contributed by atoms with E-state index in [1.807, 2.05) is 6.92 Å². The van der Waals surface area contributed by atoms with Crippen LogP contribution in [-0.2, 0) is 11.2 Å². The predicted molar refractivity (Wildman–Crippen MR) is 77.7 cm³/mol. The second kappa shape index (κ2) is 6.90. The van der Waals surface area contributed by atoms with Crippen LogP contribution in [-0.4, -0.2) is 18.0 Å². The molecule has 4 heteroatoms. The molecular formula is C14H24N2OS. The maximum Gasteiger partial charge on any atom is 0.239 e. The van der Waals surface area contributed by atoms with Gasteiger partial charge in [0, 0.05) is 11.4 Å². The van der Waals surface area contributed by atoms with Crippen LogP contribution < -0.4 is 11.1 Å². The smallest absolute Gasteiger partial charge is 0.239 e. The summed E-state index contributed by atoms with van der Waals surface area (Å²) in [7, 11) is 0. The van der Waals surface area contributed by atoms with E-state index < -0.39 is 5.54 Å². The Balaban J connectivity index is 2.34. The van der Waals surface area contributed by atoms with Crippen molar-refractivity contribution in [3.05, 3.63) is 22.4 Å². The van der Waals surface area contributed by atoms with Crippen LogP contribution in [0.2, 0.25) is 0 Å². The lowest BCUT2D eigenvalue weighted by atomic mass is 9.96. The normalized spacial score (nSPS) is 16.0. The topological polar surface area (TPSA) is 55.1 Å². The van der Waals surface area contributed by atoms with Crippen molar-refractivity contribution in [1.82, 2.24) is 5.32 Å². The minimum Gasteiger partial charge on any atom is -0.354 e. The van der Waals surface area contributed by atoms with Gasteiger partial charge in [0.2, 0.25) is 5.91 Å². The highest BCUT2D eigenvalue weighted by atomic mass is 32.1. The summed E-state index contributed by atoms with van der Waals surface area (Å²) in [5, 5.41) is 5.04. The highest BCUT2D eigenvalue weighted by Crippen LogP contribution is 2.14. The zero-order valence-corrected chi connectivity index (χ0v) is 12.3. The largest absolute Gasteiger partial charge is 0.354 e. The molecule has 2 unspecified atom stereocenters. The summed E-state index contributed by atoms with van der Waals surface area (Å²) in [6, 6.07) is 4.19. The minimum absolute atomic E-state index is 0.0395. The molecule has 0 saturated heterocycles. The molecule has 0 saturated carbocycles. The van der Waals surface area contributed by atoms with Crippen molar-refractivity contribution in [1.29, 1.82) is 0 Å². The van der Waals surface area contributed by atoms with Gasteiger partial charge < -0.3 is 11.1 Å². The van der Waals surface area contributed by atoms with Gasteiger partial charge in [-0.1, -0.05) is 26.3 Å². The quantitative estimate of drug-likeness (QED) is 0.798. The fourth-order valence-electron chi connectivity index (χ4n) is 1.95. The Bertz CT molecular complexity index is 360. The Morgan fingerprint density at radius 3 is 2.89 bits per heavy atom. The molecule has 3 nitrogen and oxygen atoms in total. The van der Waals surface area contributed by atoms with Gasteiger partial charge in [0.1, 0.15) is 0 Å². The molecule has 1 heterocycles. The molecule has 0 radical (unpaired) electrons. The number of carbonyl (C=O) groups is 1. The van der Waals surface area contributed by atoms with Crippen LogP contribution in [0.3, 0.4) is 0 Å². The summed E-state index contributed by atoms with van der Waals surface area (Å²) in [5.74, 6) is 0.396. The average Bonchev–Trinajstić information content (AvgIpc) is 2.78. The summed E-state index contributed by atoms with van der Waals surface area (Å²) in [6.07, 6.45) is 2.65. The van der Waals surface area contributed by atoms with Gasteiger partial charge in [-0.05, 0) is 37.1 Å². The summed E-state index contributed by atoms with van der Waals surface area (Å²) in [4.78, 5) is 13.3. The van der Waals surface area contributed by atoms with E-state index >= 15 is 0 Å². The first-order valence-electron chi connectivity index (χ1n) is 6.55. The standard InChI is InChI=1S/C14H24N2OS/c1-4-7-14(3,15)13(17)16-10-11(2)9-12-6-5-8-18-12/h5-6,8,11H,4,7,9-10,15H2,1-3H3,(H,16,17). The lowest BCUT2D eigenvalue weighted by molar-refractivity contribution is -0.126. The number of rotatable bonds is 7. The van der Waals surface area contributed by atoms with Crippen molar-refractivity contribution in [3.63, 3.8) is 0 Å². The molecule has 0 aliphatic heterocycles. The van der Waals surface area contributed by atoms with Crippen molar-refractivity contribution in [2.24, 2.45) is 11.7 Å². The molecule has 0 bridgehead atoms. The highest BCUT2D eigenvalue weighted by molar-refractivity contribution is 7.09. The molecule has 0 aliphatic rings. The van der Waals surface area contributed by atoms with E-state index in [2.05, 4.69) is 29.8 Å². The van der Waals surface area contributed by atoms with Crippen LogP contribution in [0.4, 0.5) is 0 Å². The zero-order chi connectivity index (χ0) is 13.6. The van der Waals surface area contributed by atoms with Crippen molar-refractivity contribution in [2.45, 2.75) is 45.6 Å². The van der Waals surface area contributed by atoms with E-state index in [9.17, 15) is 4.79 Å². The van der Waals surface area contributed by atoms with Crippen LogP contribution >= 0.6 is 11.3 Å². The van der Waals surface area contributed by atoms with Crippen LogP contribution in [0.25, 0.3) is 0 Å². The fraction of sp³-hybridized carbons (Fsp3) is 0.643. The van der Waals surface area contributed by atoms with Crippen molar-refractivity contribution >= 4 is 17.2 Å². The average molecular weight is 268 g/mol. The summed E-state index contributed by atoms with van der Waals surface area (Å²) in [6.45, 7) is 6.68. The maximum absolute atomic E-state index is 11.9. The van der Waals surface area contributed by atoms with Gasteiger partial charge in [-0.3, -0.25) is 4.79 Å². The number of carbonyl (C=O) groups excluding carboxylic acids is 1. The molecule has 18 heavy (non-hydrogen) atoms. The number of hydrogen-bond donors (Lipinski definition) is 2. The van der Waals surface area contributed by atoms with Crippen LogP contribution in [0.15, 0.2) is 17.5 Å². The van der Waals surface area contributed by atoms with E-state index in [4.69, 9.17) is 5.73 Å². The Kier molecular flexibility index (Phi) is 5.82. The number of amides is 1. The Morgan fingerprint density at radius 2 is 2.33 bits per heavy atom. The second-order valence-electron chi connectivity index (χ2n) is 5.27. The number of nitrogens with one attached hydrogen (secondary N) is 1. The highest BCUT2D eigenvalue weighted by Gasteiger charge is 2.26. The first-order valence-corrected chi connectivity index (χ1v) is 7.43. The Morgan fingerprint density at radius 1 is 1.61 bits per heavy atom.